The second kappa shape index (κ2) is 4.06. The van der Waals surface area contributed by atoms with Crippen molar-refractivity contribution in [3.05, 3.63) is 11.1 Å². The molecule has 0 radical (unpaired) electrons. The van der Waals surface area contributed by atoms with Gasteiger partial charge < -0.3 is 20.4 Å². The molecule has 3 aliphatic rings. The highest BCUT2D eigenvalue weighted by molar-refractivity contribution is 6.03. The average Bonchev–Trinajstić information content (AvgIpc) is 2.78. The summed E-state index contributed by atoms with van der Waals surface area (Å²) in [6, 6.07) is 0. The molecule has 8 nitrogen and oxygen atoms in total. The summed E-state index contributed by atoms with van der Waals surface area (Å²) in [6.07, 6.45) is 0.247. The van der Waals surface area contributed by atoms with Gasteiger partial charge in [0, 0.05) is 11.8 Å². The van der Waals surface area contributed by atoms with Gasteiger partial charge in [-0.3, -0.25) is 9.59 Å². The molecule has 0 heterocycles. The Balaban J connectivity index is 2.08. The molecule has 0 aromatic carbocycles. The first kappa shape index (κ1) is 13.6. The summed E-state index contributed by atoms with van der Waals surface area (Å²) >= 11 is 0. The second-order valence-electron chi connectivity index (χ2n) is 5.78. The lowest BCUT2D eigenvalue weighted by Gasteiger charge is -2.45. The van der Waals surface area contributed by atoms with E-state index in [9.17, 15) is 29.4 Å². The zero-order valence-electron chi connectivity index (χ0n) is 10.6. The molecule has 112 valence electrons. The molecular weight excluding hydrogens is 284 g/mol. The smallest absolute Gasteiger partial charge is 0.332 e. The highest BCUT2D eigenvalue weighted by Crippen LogP contribution is 2.67. The molecule has 0 aromatic heterocycles. The summed E-state index contributed by atoms with van der Waals surface area (Å²) < 4.78 is 0. The summed E-state index contributed by atoms with van der Waals surface area (Å²) in [5, 5.41) is 36.8. The molecule has 0 aliphatic heterocycles. The topological polar surface area (TPSA) is 149 Å². The first-order chi connectivity index (χ1) is 9.77. The van der Waals surface area contributed by atoms with E-state index in [1.165, 1.54) is 0 Å². The van der Waals surface area contributed by atoms with E-state index >= 15 is 0 Å². The maximum absolute atomic E-state index is 11.3. The predicted molar refractivity (Wildman–Crippen MR) is 63.1 cm³/mol. The normalized spacial score (nSPS) is 39.6. The van der Waals surface area contributed by atoms with Gasteiger partial charge in [0.1, 0.15) is 0 Å². The van der Waals surface area contributed by atoms with E-state index in [0.717, 1.165) is 0 Å². The quantitative estimate of drug-likeness (QED) is 0.554. The average molecular weight is 296 g/mol. The Morgan fingerprint density at radius 3 is 1.29 bits per heavy atom. The van der Waals surface area contributed by atoms with Crippen molar-refractivity contribution in [3.63, 3.8) is 0 Å². The molecule has 6 unspecified atom stereocenters. The molecule has 2 saturated carbocycles. The Morgan fingerprint density at radius 1 is 0.714 bits per heavy atom. The number of carboxylic acids is 4. The molecule has 0 amide bonds. The van der Waals surface area contributed by atoms with E-state index in [-0.39, 0.29) is 17.6 Å². The van der Waals surface area contributed by atoms with Gasteiger partial charge in [0.05, 0.1) is 23.0 Å². The van der Waals surface area contributed by atoms with Crippen LogP contribution in [-0.4, -0.2) is 44.3 Å². The van der Waals surface area contributed by atoms with Crippen molar-refractivity contribution in [2.45, 2.75) is 6.42 Å². The van der Waals surface area contributed by atoms with Crippen LogP contribution in [0, 0.1) is 35.5 Å². The number of aliphatic carboxylic acids is 4. The molecule has 2 fully saturated rings. The summed E-state index contributed by atoms with van der Waals surface area (Å²) in [5.41, 5.74) is -0.509. The lowest BCUT2D eigenvalue weighted by atomic mass is 9.56. The van der Waals surface area contributed by atoms with Crippen molar-refractivity contribution in [1.29, 1.82) is 0 Å². The number of carboxylic acid groups (broad SMARTS) is 4. The Morgan fingerprint density at radius 2 is 1.05 bits per heavy atom. The molecule has 21 heavy (non-hydrogen) atoms. The molecule has 3 rings (SSSR count). The standard InChI is InChI=1S/C13H12O8/c14-10(15)6-2-1-3(7(6)11(16)17)5-4(2)8(12(18)19)9(5)13(20)21/h2-7H,1H2,(H,14,15)(H,16,17)(H,18,19)(H,20,21). The van der Waals surface area contributed by atoms with Crippen LogP contribution in [0.2, 0.25) is 0 Å². The minimum atomic E-state index is -1.36. The molecule has 8 heteroatoms. The fraction of sp³-hybridized carbons (Fsp3) is 0.538. The Bertz CT molecular complexity index is 566. The van der Waals surface area contributed by atoms with Gasteiger partial charge in [-0.15, -0.1) is 0 Å². The minimum Gasteiger partial charge on any atom is -0.481 e. The van der Waals surface area contributed by atoms with Gasteiger partial charge >= 0.3 is 23.9 Å². The first-order valence-electron chi connectivity index (χ1n) is 6.43. The first-order valence-corrected chi connectivity index (χ1v) is 6.43. The molecule has 6 atom stereocenters. The number of carbonyl (C=O) groups is 4. The van der Waals surface area contributed by atoms with Crippen molar-refractivity contribution >= 4 is 23.9 Å². The molecule has 4 N–H and O–H groups in total. The van der Waals surface area contributed by atoms with Crippen LogP contribution in [0.5, 0.6) is 0 Å². The van der Waals surface area contributed by atoms with Gasteiger partial charge in [0.25, 0.3) is 0 Å². The molecule has 0 aromatic rings. The van der Waals surface area contributed by atoms with Crippen molar-refractivity contribution < 1.29 is 39.6 Å². The van der Waals surface area contributed by atoms with E-state index in [0.29, 0.717) is 0 Å². The number of hydrogen-bond acceptors (Lipinski definition) is 4. The SMILES string of the molecule is O=C(O)C1=C(C(=O)O)C2C3CC(C(C(=O)O)C3C(=O)O)C12. The summed E-state index contributed by atoms with van der Waals surface area (Å²) in [7, 11) is 0. The fourth-order valence-corrected chi connectivity index (χ4v) is 4.65. The third-order valence-electron chi connectivity index (χ3n) is 5.15. The maximum Gasteiger partial charge on any atom is 0.332 e. The zero-order valence-corrected chi connectivity index (χ0v) is 10.6. The number of hydrogen-bond donors (Lipinski definition) is 4. The van der Waals surface area contributed by atoms with Crippen molar-refractivity contribution in [2.75, 3.05) is 0 Å². The van der Waals surface area contributed by atoms with Gasteiger partial charge in [-0.25, -0.2) is 9.59 Å². The molecule has 0 saturated heterocycles. The van der Waals surface area contributed by atoms with Gasteiger partial charge in [-0.05, 0) is 18.3 Å². The van der Waals surface area contributed by atoms with Crippen LogP contribution in [0.3, 0.4) is 0 Å². The van der Waals surface area contributed by atoms with E-state index in [1.807, 2.05) is 0 Å². The summed E-state index contributed by atoms with van der Waals surface area (Å²) in [4.78, 5) is 45.1. The number of rotatable bonds is 4. The van der Waals surface area contributed by atoms with Crippen LogP contribution in [0.15, 0.2) is 11.1 Å². The van der Waals surface area contributed by atoms with Gasteiger partial charge in [0.15, 0.2) is 0 Å². The highest BCUT2D eigenvalue weighted by Gasteiger charge is 2.69. The summed E-state index contributed by atoms with van der Waals surface area (Å²) in [5.74, 6) is -10.1. The molecule has 0 spiro atoms. The van der Waals surface area contributed by atoms with Crippen LogP contribution in [0.25, 0.3) is 0 Å². The van der Waals surface area contributed by atoms with Gasteiger partial charge in [0.2, 0.25) is 0 Å². The summed E-state index contributed by atoms with van der Waals surface area (Å²) in [6.45, 7) is 0. The Hall–Kier alpha value is -2.38. The third-order valence-corrected chi connectivity index (χ3v) is 5.15. The second-order valence-corrected chi connectivity index (χ2v) is 5.78. The van der Waals surface area contributed by atoms with E-state index in [2.05, 4.69) is 0 Å². The minimum absolute atomic E-state index is 0.247. The monoisotopic (exact) mass is 296 g/mol. The van der Waals surface area contributed by atoms with Crippen LogP contribution in [0.4, 0.5) is 0 Å². The largest absolute Gasteiger partial charge is 0.481 e. The predicted octanol–water partition coefficient (Wildman–Crippen LogP) is -0.250. The van der Waals surface area contributed by atoms with Crippen molar-refractivity contribution in [3.8, 4) is 0 Å². The molecular formula is C13H12O8. The van der Waals surface area contributed by atoms with Crippen molar-refractivity contribution in [1.82, 2.24) is 0 Å². The maximum atomic E-state index is 11.3. The van der Waals surface area contributed by atoms with Crippen LogP contribution < -0.4 is 0 Å². The van der Waals surface area contributed by atoms with Gasteiger partial charge in [-0.2, -0.15) is 0 Å². The third kappa shape index (κ3) is 1.50. The Labute approximate surface area is 117 Å². The van der Waals surface area contributed by atoms with Crippen LogP contribution in [-0.2, 0) is 19.2 Å². The Kier molecular flexibility index (Phi) is 2.63. The lowest BCUT2D eigenvalue weighted by molar-refractivity contribution is -0.159. The van der Waals surface area contributed by atoms with Gasteiger partial charge in [-0.1, -0.05) is 0 Å². The van der Waals surface area contributed by atoms with Crippen LogP contribution >= 0.6 is 0 Å². The fourth-order valence-electron chi connectivity index (χ4n) is 4.65. The van der Waals surface area contributed by atoms with Crippen molar-refractivity contribution in [2.24, 2.45) is 35.5 Å². The zero-order chi connectivity index (χ0) is 15.6. The lowest BCUT2D eigenvalue weighted by Crippen LogP contribution is -2.50. The molecule has 3 aliphatic carbocycles. The van der Waals surface area contributed by atoms with Crippen LogP contribution in [0.1, 0.15) is 6.42 Å². The van der Waals surface area contributed by atoms with E-state index in [1.54, 1.807) is 0 Å². The highest BCUT2D eigenvalue weighted by atomic mass is 16.4. The number of fused-ring (bicyclic) bond motifs is 5. The van der Waals surface area contributed by atoms with E-state index in [4.69, 9.17) is 10.2 Å². The molecule has 2 bridgehead atoms. The van der Waals surface area contributed by atoms with E-state index < -0.39 is 59.4 Å².